The summed E-state index contributed by atoms with van der Waals surface area (Å²) in [7, 11) is 0. The van der Waals surface area contributed by atoms with E-state index < -0.39 is 0 Å². The highest BCUT2D eigenvalue weighted by atomic mass is 19.1. The predicted octanol–water partition coefficient (Wildman–Crippen LogP) is 3.28. The van der Waals surface area contributed by atoms with E-state index in [4.69, 9.17) is 5.73 Å². The van der Waals surface area contributed by atoms with E-state index in [1.807, 2.05) is 0 Å². The van der Waals surface area contributed by atoms with Crippen LogP contribution in [0.2, 0.25) is 0 Å². The van der Waals surface area contributed by atoms with Gasteiger partial charge >= 0.3 is 0 Å². The fourth-order valence-electron chi connectivity index (χ4n) is 3.67. The van der Waals surface area contributed by atoms with Crippen LogP contribution in [0.5, 0.6) is 0 Å². The number of nitrogen functional groups attached to an aromatic ring is 1. The molecule has 0 spiro atoms. The molecule has 3 heterocycles. The third kappa shape index (κ3) is 3.00. The molecule has 1 saturated heterocycles. The van der Waals surface area contributed by atoms with Crippen LogP contribution in [-0.2, 0) is 0 Å². The van der Waals surface area contributed by atoms with Gasteiger partial charge in [-0.2, -0.15) is 0 Å². The summed E-state index contributed by atoms with van der Waals surface area (Å²) in [5.74, 6) is 0.924. The number of nitrogens with two attached hydrogens (primary N) is 1. The number of nitrogens with one attached hydrogen (secondary N) is 1. The van der Waals surface area contributed by atoms with Gasteiger partial charge in [-0.1, -0.05) is 0 Å². The number of aromatic nitrogens is 4. The number of hydrogen-bond donors (Lipinski definition) is 2. The third-order valence-electron chi connectivity index (χ3n) is 5.05. The third-order valence-corrected chi connectivity index (χ3v) is 5.05. The number of nitrogens with zero attached hydrogens (tertiary/aromatic N) is 4. The quantitative estimate of drug-likeness (QED) is 0.707. The average Bonchev–Trinajstić information content (AvgIpc) is 3.10. The molecular weight excluding hydrogens is 331 g/mol. The number of piperidine rings is 1. The van der Waals surface area contributed by atoms with Gasteiger partial charge in [0.05, 0.1) is 12.0 Å². The number of aromatic amines is 1. The van der Waals surface area contributed by atoms with E-state index in [-0.39, 0.29) is 5.82 Å². The predicted molar refractivity (Wildman–Crippen MR) is 99.4 cm³/mol. The zero-order valence-corrected chi connectivity index (χ0v) is 14.6. The molecule has 1 aliphatic heterocycles. The molecule has 3 N–H and O–H groups in total. The largest absolute Gasteiger partial charge is 0.398 e. The first kappa shape index (κ1) is 16.5. The Balaban J connectivity index is 1.60. The van der Waals surface area contributed by atoms with Crippen LogP contribution < -0.4 is 10.6 Å². The highest BCUT2D eigenvalue weighted by Crippen LogP contribution is 2.36. The van der Waals surface area contributed by atoms with Gasteiger partial charge in [-0.15, -0.1) is 0 Å². The van der Waals surface area contributed by atoms with Crippen LogP contribution in [0.15, 0.2) is 37.1 Å². The van der Waals surface area contributed by atoms with Crippen LogP contribution in [0.1, 0.15) is 30.1 Å². The molecule has 6 nitrogen and oxygen atoms in total. The van der Waals surface area contributed by atoms with Gasteiger partial charge in [0.2, 0.25) is 0 Å². The first-order valence-electron chi connectivity index (χ1n) is 8.73. The molecule has 26 heavy (non-hydrogen) atoms. The second-order valence-electron chi connectivity index (χ2n) is 6.67. The summed E-state index contributed by atoms with van der Waals surface area (Å²) in [4.78, 5) is 18.4. The molecule has 3 aromatic rings. The maximum Gasteiger partial charge on any atom is 0.139 e. The Morgan fingerprint density at radius 2 is 2.00 bits per heavy atom. The Labute approximate surface area is 151 Å². The van der Waals surface area contributed by atoms with Crippen molar-refractivity contribution in [1.29, 1.82) is 0 Å². The highest BCUT2D eigenvalue weighted by molar-refractivity contribution is 5.83. The normalized spacial score (nSPS) is 15.4. The monoisotopic (exact) mass is 352 g/mol. The van der Waals surface area contributed by atoms with Crippen LogP contribution in [0, 0.1) is 12.7 Å². The van der Waals surface area contributed by atoms with Gasteiger partial charge in [0.15, 0.2) is 0 Å². The van der Waals surface area contributed by atoms with Crippen molar-refractivity contribution in [2.24, 2.45) is 0 Å². The molecule has 0 radical (unpaired) electrons. The van der Waals surface area contributed by atoms with Crippen molar-refractivity contribution in [2.45, 2.75) is 25.7 Å². The summed E-state index contributed by atoms with van der Waals surface area (Å²) in [6, 6.07) is 4.38. The SMILES string of the molecule is Cc1[nH]cnc1C1CCN(c2ncncc2-c2cc(F)ccc2N)CC1. The topological polar surface area (TPSA) is 83.7 Å². The van der Waals surface area contributed by atoms with Crippen LogP contribution in [0.25, 0.3) is 11.1 Å². The summed E-state index contributed by atoms with van der Waals surface area (Å²) in [5.41, 5.74) is 10.3. The standard InChI is InChI=1S/C19H21FN6/c1-12-18(24-11-23-12)13-4-6-26(7-5-13)19-16(9-22-10-25-19)15-8-14(20)2-3-17(15)21/h2-3,8-11,13H,4-7,21H2,1H3,(H,23,24). The molecule has 0 atom stereocenters. The number of anilines is 2. The van der Waals surface area contributed by atoms with Crippen LogP contribution in [0.3, 0.4) is 0 Å². The van der Waals surface area contributed by atoms with Crippen LogP contribution >= 0.6 is 0 Å². The molecule has 0 aliphatic carbocycles. The molecule has 0 amide bonds. The molecule has 4 rings (SSSR count). The summed E-state index contributed by atoms with van der Waals surface area (Å²) in [5, 5.41) is 0. The number of rotatable bonds is 3. The molecule has 1 aliphatic rings. The molecule has 0 bridgehead atoms. The van der Waals surface area contributed by atoms with Gasteiger partial charge in [0.25, 0.3) is 0 Å². The first-order valence-corrected chi connectivity index (χ1v) is 8.73. The van der Waals surface area contributed by atoms with Crippen LogP contribution in [-0.4, -0.2) is 33.0 Å². The molecule has 0 saturated carbocycles. The average molecular weight is 352 g/mol. The molecular formula is C19H21FN6. The summed E-state index contributed by atoms with van der Waals surface area (Å²) in [6.45, 7) is 3.77. The minimum Gasteiger partial charge on any atom is -0.398 e. The van der Waals surface area contributed by atoms with Crippen molar-refractivity contribution in [3.63, 3.8) is 0 Å². The Hall–Kier alpha value is -2.96. The van der Waals surface area contributed by atoms with Gasteiger partial charge in [-0.3, -0.25) is 0 Å². The van der Waals surface area contributed by atoms with E-state index in [2.05, 4.69) is 31.8 Å². The summed E-state index contributed by atoms with van der Waals surface area (Å²) in [6.07, 6.45) is 6.98. The number of halogens is 1. The fourth-order valence-corrected chi connectivity index (χ4v) is 3.67. The van der Waals surface area contributed by atoms with Gasteiger partial charge < -0.3 is 15.6 Å². The molecule has 7 heteroatoms. The summed E-state index contributed by atoms with van der Waals surface area (Å²) >= 11 is 0. The number of hydrogen-bond acceptors (Lipinski definition) is 5. The molecule has 134 valence electrons. The molecule has 0 unspecified atom stereocenters. The molecule has 1 aromatic carbocycles. The molecule has 2 aromatic heterocycles. The number of imidazole rings is 1. The van der Waals surface area contributed by atoms with Crippen molar-refractivity contribution in [2.75, 3.05) is 23.7 Å². The zero-order chi connectivity index (χ0) is 18.1. The summed E-state index contributed by atoms with van der Waals surface area (Å²) < 4.78 is 13.7. The van der Waals surface area contributed by atoms with E-state index in [1.165, 1.54) is 18.5 Å². The maximum atomic E-state index is 13.7. The maximum absolute atomic E-state index is 13.7. The zero-order valence-electron chi connectivity index (χ0n) is 14.6. The van der Waals surface area contributed by atoms with E-state index in [0.717, 1.165) is 48.7 Å². The number of aryl methyl sites for hydroxylation is 1. The van der Waals surface area contributed by atoms with E-state index in [9.17, 15) is 4.39 Å². The fraction of sp³-hybridized carbons (Fsp3) is 0.316. The lowest BCUT2D eigenvalue weighted by Gasteiger charge is -2.33. The number of H-pyrrole nitrogens is 1. The first-order chi connectivity index (χ1) is 12.6. The lowest BCUT2D eigenvalue weighted by molar-refractivity contribution is 0.493. The lowest BCUT2D eigenvalue weighted by Crippen LogP contribution is -2.34. The van der Waals surface area contributed by atoms with Crippen molar-refractivity contribution in [3.8, 4) is 11.1 Å². The Bertz CT molecular complexity index is 914. The second kappa shape index (κ2) is 6.74. The minimum absolute atomic E-state index is 0.322. The Morgan fingerprint density at radius 1 is 1.19 bits per heavy atom. The van der Waals surface area contributed by atoms with E-state index >= 15 is 0 Å². The highest BCUT2D eigenvalue weighted by Gasteiger charge is 2.26. The minimum atomic E-state index is -0.322. The smallest absolute Gasteiger partial charge is 0.139 e. The lowest BCUT2D eigenvalue weighted by atomic mass is 9.92. The van der Waals surface area contributed by atoms with E-state index in [0.29, 0.717) is 17.2 Å². The van der Waals surface area contributed by atoms with Gasteiger partial charge in [-0.25, -0.2) is 19.3 Å². The number of benzene rings is 1. The van der Waals surface area contributed by atoms with Gasteiger partial charge in [0.1, 0.15) is 18.0 Å². The van der Waals surface area contributed by atoms with Crippen molar-refractivity contribution in [1.82, 2.24) is 19.9 Å². The second-order valence-corrected chi connectivity index (χ2v) is 6.67. The van der Waals surface area contributed by atoms with Gasteiger partial charge in [0, 0.05) is 47.7 Å². The van der Waals surface area contributed by atoms with Crippen LogP contribution in [0.4, 0.5) is 15.9 Å². The van der Waals surface area contributed by atoms with E-state index in [1.54, 1.807) is 18.6 Å². The van der Waals surface area contributed by atoms with Gasteiger partial charge in [-0.05, 0) is 38.0 Å². The van der Waals surface area contributed by atoms with Crippen molar-refractivity contribution >= 4 is 11.5 Å². The Kier molecular flexibility index (Phi) is 4.28. The molecule has 1 fully saturated rings. The Morgan fingerprint density at radius 3 is 2.73 bits per heavy atom. The van der Waals surface area contributed by atoms with Crippen molar-refractivity contribution < 1.29 is 4.39 Å². The van der Waals surface area contributed by atoms with Crippen molar-refractivity contribution in [3.05, 3.63) is 54.3 Å².